The number of rotatable bonds is 4. The number of carbonyl (C=O) groups is 2. The van der Waals surface area contributed by atoms with Crippen LogP contribution < -0.4 is 5.56 Å². The quantitative estimate of drug-likeness (QED) is 0.415. The Balaban J connectivity index is 1.37. The minimum absolute atomic E-state index is 0.0322. The van der Waals surface area contributed by atoms with Crippen LogP contribution in [0.3, 0.4) is 0 Å². The van der Waals surface area contributed by atoms with Crippen molar-refractivity contribution in [3.63, 3.8) is 0 Å². The van der Waals surface area contributed by atoms with Gasteiger partial charge in [-0.15, -0.1) is 0 Å². The fraction of sp³-hybridized carbons (Fsp3) is 0.414. The third-order valence-corrected chi connectivity index (χ3v) is 7.88. The highest BCUT2D eigenvalue weighted by Gasteiger charge is 2.57. The molecule has 36 heavy (non-hydrogen) atoms. The number of hydrogen-bond acceptors (Lipinski definition) is 6. The molecule has 6 rings (SSSR count). The predicted octanol–water partition coefficient (Wildman–Crippen LogP) is 3.49. The van der Waals surface area contributed by atoms with Crippen LogP contribution in [-0.2, 0) is 32.0 Å². The number of esters is 2. The molecule has 7 nitrogen and oxygen atoms in total. The molecule has 0 unspecified atom stereocenters. The number of benzene rings is 2. The molecule has 0 amide bonds. The zero-order chi connectivity index (χ0) is 25.1. The predicted molar refractivity (Wildman–Crippen MR) is 134 cm³/mol. The van der Waals surface area contributed by atoms with Gasteiger partial charge in [0.1, 0.15) is 0 Å². The molecule has 4 heterocycles. The van der Waals surface area contributed by atoms with Crippen LogP contribution in [0.25, 0.3) is 10.8 Å². The van der Waals surface area contributed by atoms with Crippen LogP contribution >= 0.6 is 0 Å². The van der Waals surface area contributed by atoms with Crippen LogP contribution in [0.5, 0.6) is 0 Å². The van der Waals surface area contributed by atoms with Crippen molar-refractivity contribution in [3.05, 3.63) is 82.3 Å². The van der Waals surface area contributed by atoms with E-state index >= 15 is 0 Å². The van der Waals surface area contributed by atoms with Gasteiger partial charge in [-0.2, -0.15) is 0 Å². The van der Waals surface area contributed by atoms with Gasteiger partial charge in [0.15, 0.2) is 5.41 Å². The maximum atomic E-state index is 13.7. The molecule has 0 spiro atoms. The average molecular weight is 487 g/mol. The molecule has 2 fully saturated rings. The standard InChI is InChI=1S/C29H30N2O5/c1-28(2)35-26(33)29(27(34)36-28,14-21-9-5-8-20-7-3-4-10-23(20)21)18-30-15-19-13-22(17-30)24-11-6-12-25(32)31(24)16-19/h3-12,19,22H,13-18H2,1-2H3/t19-,22-/m1/s1. The molecule has 1 aromatic heterocycles. The highest BCUT2D eigenvalue weighted by molar-refractivity contribution is 6.03. The number of pyridine rings is 1. The van der Waals surface area contributed by atoms with Gasteiger partial charge >= 0.3 is 11.9 Å². The van der Waals surface area contributed by atoms with E-state index < -0.39 is 23.1 Å². The van der Waals surface area contributed by atoms with E-state index in [4.69, 9.17) is 9.47 Å². The van der Waals surface area contributed by atoms with E-state index in [9.17, 15) is 14.4 Å². The number of hydrogen-bond donors (Lipinski definition) is 0. The van der Waals surface area contributed by atoms with Crippen molar-refractivity contribution in [1.82, 2.24) is 9.47 Å². The van der Waals surface area contributed by atoms with Crippen molar-refractivity contribution in [2.75, 3.05) is 19.6 Å². The molecule has 2 bridgehead atoms. The second-order valence-electron chi connectivity index (χ2n) is 11.0. The lowest BCUT2D eigenvalue weighted by Gasteiger charge is -2.47. The summed E-state index contributed by atoms with van der Waals surface area (Å²) in [5, 5.41) is 2.06. The third-order valence-electron chi connectivity index (χ3n) is 7.88. The van der Waals surface area contributed by atoms with E-state index in [1.807, 2.05) is 59.2 Å². The number of carbonyl (C=O) groups excluding carboxylic acids is 2. The van der Waals surface area contributed by atoms with E-state index in [1.54, 1.807) is 19.9 Å². The van der Waals surface area contributed by atoms with Gasteiger partial charge in [-0.3, -0.25) is 14.4 Å². The molecule has 3 aromatic rings. The van der Waals surface area contributed by atoms with Gasteiger partial charge in [0.05, 0.1) is 0 Å². The van der Waals surface area contributed by atoms with Gasteiger partial charge in [0, 0.05) is 64.1 Å². The molecule has 2 atom stereocenters. The third kappa shape index (κ3) is 3.82. The number of fused-ring (bicyclic) bond motifs is 5. The lowest BCUT2D eigenvalue weighted by atomic mass is 9.77. The van der Waals surface area contributed by atoms with Gasteiger partial charge < -0.3 is 18.9 Å². The molecule has 0 aliphatic carbocycles. The smallest absolute Gasteiger partial charge is 0.328 e. The Bertz CT molecular complexity index is 1400. The fourth-order valence-corrected chi connectivity index (χ4v) is 6.35. The van der Waals surface area contributed by atoms with Crippen LogP contribution in [-0.4, -0.2) is 46.8 Å². The number of cyclic esters (lactones) is 2. The van der Waals surface area contributed by atoms with E-state index in [0.29, 0.717) is 19.6 Å². The summed E-state index contributed by atoms with van der Waals surface area (Å²) < 4.78 is 13.3. The molecule has 3 aliphatic rings. The summed E-state index contributed by atoms with van der Waals surface area (Å²) >= 11 is 0. The summed E-state index contributed by atoms with van der Waals surface area (Å²) in [6.07, 6.45) is 1.20. The van der Waals surface area contributed by atoms with Crippen molar-refractivity contribution < 1.29 is 19.1 Å². The summed E-state index contributed by atoms with van der Waals surface area (Å²) in [5.74, 6) is -1.92. The molecule has 3 aliphatic heterocycles. The van der Waals surface area contributed by atoms with Gasteiger partial charge in [-0.1, -0.05) is 48.5 Å². The number of piperidine rings is 1. The first-order valence-corrected chi connectivity index (χ1v) is 12.6. The zero-order valence-corrected chi connectivity index (χ0v) is 20.6. The van der Waals surface area contributed by atoms with Gasteiger partial charge in [0.2, 0.25) is 0 Å². The Hall–Kier alpha value is -3.45. The molecule has 186 valence electrons. The summed E-state index contributed by atoms with van der Waals surface area (Å²) in [6, 6.07) is 19.4. The normalized spacial score (nSPS) is 24.6. The molecule has 0 N–H and O–H groups in total. The van der Waals surface area contributed by atoms with Crippen LogP contribution in [0.15, 0.2) is 65.5 Å². The van der Waals surface area contributed by atoms with E-state index in [0.717, 1.165) is 28.5 Å². The molecule has 2 aromatic carbocycles. The second-order valence-corrected chi connectivity index (χ2v) is 11.0. The van der Waals surface area contributed by atoms with E-state index in [1.165, 1.54) is 0 Å². The number of aromatic nitrogens is 1. The zero-order valence-electron chi connectivity index (χ0n) is 20.6. The van der Waals surface area contributed by atoms with E-state index in [2.05, 4.69) is 4.90 Å². The average Bonchev–Trinajstić information content (AvgIpc) is 2.83. The van der Waals surface area contributed by atoms with Crippen molar-refractivity contribution in [2.24, 2.45) is 11.3 Å². The van der Waals surface area contributed by atoms with Crippen LogP contribution in [0.2, 0.25) is 0 Å². The van der Waals surface area contributed by atoms with Crippen molar-refractivity contribution in [3.8, 4) is 0 Å². The summed E-state index contributed by atoms with van der Waals surface area (Å²) in [5.41, 5.74) is 0.504. The summed E-state index contributed by atoms with van der Waals surface area (Å²) in [4.78, 5) is 41.9. The van der Waals surface area contributed by atoms with Gasteiger partial charge in [0.25, 0.3) is 11.3 Å². The lowest BCUT2D eigenvalue weighted by molar-refractivity contribution is -0.252. The SMILES string of the molecule is CC1(C)OC(=O)C(Cc2cccc3ccccc23)(CN2C[C@H]3C[C@H](C2)c2cccc(=O)n2C3)C(=O)O1. The monoisotopic (exact) mass is 486 g/mol. The molecule has 2 saturated heterocycles. The topological polar surface area (TPSA) is 77.8 Å². The lowest BCUT2D eigenvalue weighted by Crippen LogP contribution is -2.61. The largest absolute Gasteiger partial charge is 0.422 e. The summed E-state index contributed by atoms with van der Waals surface area (Å²) in [6.45, 7) is 5.42. The Kier molecular flexibility index (Phi) is 5.30. The highest BCUT2D eigenvalue weighted by Crippen LogP contribution is 2.41. The maximum absolute atomic E-state index is 13.7. The number of ether oxygens (including phenoxy) is 2. The Morgan fingerprint density at radius 1 is 0.861 bits per heavy atom. The van der Waals surface area contributed by atoms with Crippen molar-refractivity contribution in [2.45, 2.75) is 44.9 Å². The van der Waals surface area contributed by atoms with Crippen LogP contribution in [0.4, 0.5) is 0 Å². The first-order valence-electron chi connectivity index (χ1n) is 12.6. The Morgan fingerprint density at radius 2 is 1.58 bits per heavy atom. The summed E-state index contributed by atoms with van der Waals surface area (Å²) in [7, 11) is 0. The van der Waals surface area contributed by atoms with Gasteiger partial charge in [-0.05, 0) is 34.7 Å². The second kappa shape index (κ2) is 8.30. The minimum Gasteiger partial charge on any atom is -0.422 e. The van der Waals surface area contributed by atoms with Crippen molar-refractivity contribution in [1.29, 1.82) is 0 Å². The first kappa shape index (κ1) is 23.0. The van der Waals surface area contributed by atoms with Crippen LogP contribution in [0, 0.1) is 11.3 Å². The van der Waals surface area contributed by atoms with Gasteiger partial charge in [-0.25, -0.2) is 0 Å². The molecule has 0 radical (unpaired) electrons. The fourth-order valence-electron chi connectivity index (χ4n) is 6.35. The number of likely N-dealkylation sites (tertiary alicyclic amines) is 1. The molecular formula is C29H30N2O5. The first-order chi connectivity index (χ1) is 17.2. The Morgan fingerprint density at radius 3 is 2.39 bits per heavy atom. The maximum Gasteiger partial charge on any atom is 0.328 e. The minimum atomic E-state index is -1.47. The molecule has 7 heteroatoms. The molecule has 0 saturated carbocycles. The number of nitrogens with zero attached hydrogens (tertiary/aromatic N) is 2. The highest BCUT2D eigenvalue weighted by atomic mass is 16.7. The Labute approximate surface area is 209 Å². The van der Waals surface area contributed by atoms with E-state index in [-0.39, 0.29) is 30.4 Å². The van der Waals surface area contributed by atoms with Crippen molar-refractivity contribution >= 4 is 22.7 Å². The molecular weight excluding hydrogens is 456 g/mol. The van der Waals surface area contributed by atoms with Crippen LogP contribution in [0.1, 0.15) is 37.4 Å².